The van der Waals surface area contributed by atoms with Gasteiger partial charge >= 0.3 is 5.97 Å². The first-order valence-corrected chi connectivity index (χ1v) is 5.25. The molecule has 1 saturated carbocycles. The molecule has 2 fully saturated rings. The van der Waals surface area contributed by atoms with E-state index < -0.39 is 5.97 Å². The van der Waals surface area contributed by atoms with Crippen LogP contribution in [0.3, 0.4) is 0 Å². The molecule has 1 heterocycles. The molecular formula is C10H17NO2. The normalized spacial score (nSPS) is 39.5. The van der Waals surface area contributed by atoms with E-state index in [-0.39, 0.29) is 5.92 Å². The first kappa shape index (κ1) is 9.00. The van der Waals surface area contributed by atoms with Crippen molar-refractivity contribution in [2.75, 3.05) is 6.54 Å². The van der Waals surface area contributed by atoms with Gasteiger partial charge in [-0.15, -0.1) is 0 Å². The van der Waals surface area contributed by atoms with Gasteiger partial charge in [0, 0.05) is 6.04 Å². The minimum Gasteiger partial charge on any atom is -0.481 e. The summed E-state index contributed by atoms with van der Waals surface area (Å²) in [6.45, 7) is 0.887. The Bertz CT molecular complexity index is 203. The summed E-state index contributed by atoms with van der Waals surface area (Å²) in [5, 5.41) is 12.5. The van der Waals surface area contributed by atoms with Crippen LogP contribution in [0, 0.1) is 11.8 Å². The smallest absolute Gasteiger partial charge is 0.306 e. The fourth-order valence-corrected chi connectivity index (χ4v) is 2.84. The van der Waals surface area contributed by atoms with Gasteiger partial charge < -0.3 is 10.4 Å². The Morgan fingerprint density at radius 1 is 1.23 bits per heavy atom. The molecule has 0 radical (unpaired) electrons. The van der Waals surface area contributed by atoms with Crippen LogP contribution in [0.15, 0.2) is 0 Å². The molecule has 3 nitrogen and oxygen atoms in total. The Balaban J connectivity index is 2.06. The molecule has 1 aliphatic carbocycles. The monoisotopic (exact) mass is 183 g/mol. The highest BCUT2D eigenvalue weighted by Gasteiger charge is 2.38. The molecule has 2 rings (SSSR count). The molecule has 0 bridgehead atoms. The van der Waals surface area contributed by atoms with Crippen LogP contribution in [0.4, 0.5) is 0 Å². The molecule has 3 atom stereocenters. The number of hydrogen-bond acceptors (Lipinski definition) is 2. The van der Waals surface area contributed by atoms with Crippen LogP contribution in [0.5, 0.6) is 0 Å². The van der Waals surface area contributed by atoms with E-state index in [1.165, 1.54) is 19.3 Å². The molecule has 0 aromatic heterocycles. The number of carboxylic acids is 1. The van der Waals surface area contributed by atoms with E-state index in [9.17, 15) is 4.79 Å². The highest BCUT2D eigenvalue weighted by atomic mass is 16.4. The van der Waals surface area contributed by atoms with Crippen molar-refractivity contribution in [3.8, 4) is 0 Å². The third-order valence-electron chi connectivity index (χ3n) is 3.52. The second-order valence-electron chi connectivity index (χ2n) is 4.24. The van der Waals surface area contributed by atoms with Crippen LogP contribution in [-0.4, -0.2) is 23.7 Å². The molecule has 3 heteroatoms. The van der Waals surface area contributed by atoms with Crippen LogP contribution in [0.25, 0.3) is 0 Å². The quantitative estimate of drug-likeness (QED) is 0.643. The van der Waals surface area contributed by atoms with Crippen molar-refractivity contribution in [2.45, 2.75) is 38.1 Å². The largest absolute Gasteiger partial charge is 0.481 e. The predicted octanol–water partition coefficient (Wildman–Crippen LogP) is 1.24. The summed E-state index contributed by atoms with van der Waals surface area (Å²) >= 11 is 0. The maximum Gasteiger partial charge on any atom is 0.306 e. The van der Waals surface area contributed by atoms with E-state index in [1.54, 1.807) is 0 Å². The molecule has 74 valence electrons. The molecule has 0 aromatic rings. The molecule has 0 spiro atoms. The first-order valence-electron chi connectivity index (χ1n) is 5.25. The van der Waals surface area contributed by atoms with Gasteiger partial charge in [-0.25, -0.2) is 0 Å². The van der Waals surface area contributed by atoms with Crippen molar-refractivity contribution in [2.24, 2.45) is 11.8 Å². The third-order valence-corrected chi connectivity index (χ3v) is 3.52. The lowest BCUT2D eigenvalue weighted by atomic mass is 9.73. The minimum absolute atomic E-state index is 0.0773. The number of piperidine rings is 1. The van der Waals surface area contributed by atoms with Crippen LogP contribution in [-0.2, 0) is 4.79 Å². The molecule has 1 saturated heterocycles. The lowest BCUT2D eigenvalue weighted by Crippen LogP contribution is -2.49. The first-order chi connectivity index (χ1) is 6.29. The van der Waals surface area contributed by atoms with Gasteiger partial charge in [-0.1, -0.05) is 12.8 Å². The second kappa shape index (κ2) is 3.66. The standard InChI is InChI=1S/C10H17NO2/c12-10(13)8-5-6-11-9-4-2-1-3-7(8)9/h7-9,11H,1-6H2,(H,12,13)/t7-,8-,9-/m1/s1. The number of carbonyl (C=O) groups is 1. The van der Waals surface area contributed by atoms with Gasteiger partial charge in [0.25, 0.3) is 0 Å². The number of carboxylic acid groups (broad SMARTS) is 1. The predicted molar refractivity (Wildman–Crippen MR) is 49.5 cm³/mol. The van der Waals surface area contributed by atoms with Crippen molar-refractivity contribution >= 4 is 5.97 Å². The van der Waals surface area contributed by atoms with E-state index in [1.807, 2.05) is 0 Å². The van der Waals surface area contributed by atoms with Crippen molar-refractivity contribution in [1.82, 2.24) is 5.32 Å². The zero-order valence-electron chi connectivity index (χ0n) is 7.83. The van der Waals surface area contributed by atoms with Crippen LogP contribution in [0.2, 0.25) is 0 Å². The number of aliphatic carboxylic acids is 1. The number of nitrogens with one attached hydrogen (secondary N) is 1. The van der Waals surface area contributed by atoms with Crippen molar-refractivity contribution in [1.29, 1.82) is 0 Å². The van der Waals surface area contributed by atoms with Gasteiger partial charge in [0.05, 0.1) is 5.92 Å². The number of hydrogen-bond donors (Lipinski definition) is 2. The SMILES string of the molecule is O=C(O)[C@@H]1CCN[C@@H]2CCCC[C@@H]21. The van der Waals surface area contributed by atoms with Gasteiger partial charge in [-0.3, -0.25) is 4.79 Å². The molecule has 13 heavy (non-hydrogen) atoms. The van der Waals surface area contributed by atoms with Gasteiger partial charge in [-0.2, -0.15) is 0 Å². The fourth-order valence-electron chi connectivity index (χ4n) is 2.84. The molecule has 0 amide bonds. The van der Waals surface area contributed by atoms with Crippen LogP contribution < -0.4 is 5.32 Å². The van der Waals surface area contributed by atoms with Gasteiger partial charge in [0.2, 0.25) is 0 Å². The summed E-state index contributed by atoms with van der Waals surface area (Å²) in [5.41, 5.74) is 0. The van der Waals surface area contributed by atoms with Crippen molar-refractivity contribution in [3.05, 3.63) is 0 Å². The molecule has 0 aromatic carbocycles. The van der Waals surface area contributed by atoms with E-state index in [4.69, 9.17) is 5.11 Å². The van der Waals surface area contributed by atoms with E-state index >= 15 is 0 Å². The molecule has 2 N–H and O–H groups in total. The highest BCUT2D eigenvalue weighted by molar-refractivity contribution is 5.70. The van der Waals surface area contributed by atoms with Crippen molar-refractivity contribution < 1.29 is 9.90 Å². The van der Waals surface area contributed by atoms with E-state index in [2.05, 4.69) is 5.32 Å². The van der Waals surface area contributed by atoms with E-state index in [0.29, 0.717) is 12.0 Å². The Morgan fingerprint density at radius 2 is 2.00 bits per heavy atom. The zero-order valence-corrected chi connectivity index (χ0v) is 7.83. The number of rotatable bonds is 1. The average molecular weight is 183 g/mol. The Kier molecular flexibility index (Phi) is 2.54. The van der Waals surface area contributed by atoms with E-state index in [0.717, 1.165) is 19.4 Å². The summed E-state index contributed by atoms with van der Waals surface area (Å²) in [6, 6.07) is 0.489. The summed E-state index contributed by atoms with van der Waals surface area (Å²) in [5.74, 6) is -0.259. The maximum absolute atomic E-state index is 11.0. The average Bonchev–Trinajstić information content (AvgIpc) is 2.17. The number of fused-ring (bicyclic) bond motifs is 1. The summed E-state index contributed by atoms with van der Waals surface area (Å²) in [6.07, 6.45) is 5.58. The lowest BCUT2D eigenvalue weighted by Gasteiger charge is -2.40. The lowest BCUT2D eigenvalue weighted by molar-refractivity contribution is -0.145. The van der Waals surface area contributed by atoms with Crippen LogP contribution >= 0.6 is 0 Å². The minimum atomic E-state index is -0.585. The molecule has 0 unspecified atom stereocenters. The van der Waals surface area contributed by atoms with Gasteiger partial charge in [0.1, 0.15) is 0 Å². The zero-order chi connectivity index (χ0) is 9.26. The summed E-state index contributed by atoms with van der Waals surface area (Å²) in [4.78, 5) is 11.0. The summed E-state index contributed by atoms with van der Waals surface area (Å²) in [7, 11) is 0. The fraction of sp³-hybridized carbons (Fsp3) is 0.900. The Morgan fingerprint density at radius 3 is 2.77 bits per heavy atom. The summed E-state index contributed by atoms with van der Waals surface area (Å²) < 4.78 is 0. The van der Waals surface area contributed by atoms with Gasteiger partial charge in [-0.05, 0) is 31.7 Å². The van der Waals surface area contributed by atoms with Crippen molar-refractivity contribution in [3.63, 3.8) is 0 Å². The third kappa shape index (κ3) is 1.70. The molecular weight excluding hydrogens is 166 g/mol. The molecule has 2 aliphatic rings. The topological polar surface area (TPSA) is 49.3 Å². The van der Waals surface area contributed by atoms with Gasteiger partial charge in [0.15, 0.2) is 0 Å². The van der Waals surface area contributed by atoms with Crippen LogP contribution in [0.1, 0.15) is 32.1 Å². The second-order valence-corrected chi connectivity index (χ2v) is 4.24. The Labute approximate surface area is 78.5 Å². The Hall–Kier alpha value is -0.570. The highest BCUT2D eigenvalue weighted by Crippen LogP contribution is 2.34. The maximum atomic E-state index is 11.0. The molecule has 1 aliphatic heterocycles.